The van der Waals surface area contributed by atoms with Crippen molar-refractivity contribution in [2.45, 2.75) is 6.42 Å². The molecule has 2 heteroatoms. The second-order valence-corrected chi connectivity index (χ2v) is 2.82. The summed E-state index contributed by atoms with van der Waals surface area (Å²) in [5.74, 6) is 0. The first kappa shape index (κ1) is 8.15. The van der Waals surface area contributed by atoms with Gasteiger partial charge < -0.3 is 5.73 Å². The summed E-state index contributed by atoms with van der Waals surface area (Å²) >= 11 is 5.77. The molecule has 0 aromatic heterocycles. The summed E-state index contributed by atoms with van der Waals surface area (Å²) < 4.78 is 0. The van der Waals surface area contributed by atoms with Gasteiger partial charge in [-0.2, -0.15) is 0 Å². The molecule has 0 heterocycles. The molecule has 0 aliphatic carbocycles. The smallest absolute Gasteiger partial charge is 0.0429 e. The summed E-state index contributed by atoms with van der Waals surface area (Å²) in [6.45, 7) is 3.63. The van der Waals surface area contributed by atoms with E-state index in [1.54, 1.807) is 6.07 Å². The molecule has 0 saturated carbocycles. The minimum absolute atomic E-state index is 0.682. The van der Waals surface area contributed by atoms with Crippen molar-refractivity contribution in [3.63, 3.8) is 0 Å². The lowest BCUT2D eigenvalue weighted by Gasteiger charge is -1.99. The molecule has 1 aromatic rings. The highest BCUT2D eigenvalue weighted by molar-refractivity contribution is 6.30. The largest absolute Gasteiger partial charge is 0.399 e. The van der Waals surface area contributed by atoms with Crippen LogP contribution in [-0.2, 0) is 6.42 Å². The van der Waals surface area contributed by atoms with Crippen LogP contribution >= 0.6 is 11.6 Å². The summed E-state index contributed by atoms with van der Waals surface area (Å²) in [6, 6.07) is 5.52. The molecule has 0 aliphatic rings. The molecule has 0 radical (unpaired) electrons. The molecular formula is C9H10ClN. The third-order valence-corrected chi connectivity index (χ3v) is 1.58. The Labute approximate surface area is 71.5 Å². The van der Waals surface area contributed by atoms with E-state index < -0.39 is 0 Å². The number of allylic oxidation sites excluding steroid dienone is 1. The summed E-state index contributed by atoms with van der Waals surface area (Å²) in [6.07, 6.45) is 2.63. The third kappa shape index (κ3) is 2.28. The number of nitrogen functional groups attached to an aromatic ring is 1. The second kappa shape index (κ2) is 3.44. The minimum atomic E-state index is 0.682. The predicted molar refractivity (Wildman–Crippen MR) is 49.8 cm³/mol. The number of hydrogen-bond acceptors (Lipinski definition) is 1. The average Bonchev–Trinajstić information content (AvgIpc) is 1.85. The maximum atomic E-state index is 5.77. The number of benzene rings is 1. The van der Waals surface area contributed by atoms with Crippen molar-refractivity contribution in [3.05, 3.63) is 41.4 Å². The zero-order chi connectivity index (χ0) is 8.27. The Bertz CT molecular complexity index is 248. The average molecular weight is 168 g/mol. The van der Waals surface area contributed by atoms with Gasteiger partial charge in [0.1, 0.15) is 0 Å². The lowest BCUT2D eigenvalue weighted by molar-refractivity contribution is 1.28. The fourth-order valence-electron chi connectivity index (χ4n) is 0.960. The first-order valence-electron chi connectivity index (χ1n) is 3.38. The summed E-state index contributed by atoms with van der Waals surface area (Å²) in [4.78, 5) is 0. The van der Waals surface area contributed by atoms with Crippen LogP contribution in [-0.4, -0.2) is 0 Å². The Morgan fingerprint density at radius 1 is 1.45 bits per heavy atom. The Hall–Kier alpha value is -0.950. The Balaban J connectivity index is 2.98. The van der Waals surface area contributed by atoms with Crippen LogP contribution in [0.4, 0.5) is 5.69 Å². The van der Waals surface area contributed by atoms with E-state index in [0.29, 0.717) is 10.7 Å². The van der Waals surface area contributed by atoms with Crippen LogP contribution < -0.4 is 5.73 Å². The number of anilines is 1. The molecule has 11 heavy (non-hydrogen) atoms. The van der Waals surface area contributed by atoms with Gasteiger partial charge in [0.05, 0.1) is 0 Å². The van der Waals surface area contributed by atoms with Gasteiger partial charge in [-0.1, -0.05) is 17.7 Å². The van der Waals surface area contributed by atoms with Gasteiger partial charge in [0, 0.05) is 10.7 Å². The maximum absolute atomic E-state index is 5.77. The Morgan fingerprint density at radius 3 is 2.73 bits per heavy atom. The van der Waals surface area contributed by atoms with Crippen molar-refractivity contribution in [1.82, 2.24) is 0 Å². The fourth-order valence-corrected chi connectivity index (χ4v) is 1.23. The number of nitrogens with two attached hydrogens (primary N) is 1. The third-order valence-electron chi connectivity index (χ3n) is 1.36. The van der Waals surface area contributed by atoms with Crippen molar-refractivity contribution in [1.29, 1.82) is 0 Å². The normalized spacial score (nSPS) is 9.55. The maximum Gasteiger partial charge on any atom is 0.0429 e. The van der Waals surface area contributed by atoms with Crippen molar-refractivity contribution in [3.8, 4) is 0 Å². The monoisotopic (exact) mass is 167 g/mol. The topological polar surface area (TPSA) is 26.0 Å². The van der Waals surface area contributed by atoms with Crippen LogP contribution in [0.15, 0.2) is 30.9 Å². The van der Waals surface area contributed by atoms with Crippen molar-refractivity contribution >= 4 is 17.3 Å². The molecular weight excluding hydrogens is 158 g/mol. The standard InChI is InChI=1S/C9H10ClN/c1-2-3-7-4-8(10)6-9(11)5-7/h2,4-6H,1,3,11H2. The molecule has 1 nitrogen and oxygen atoms in total. The zero-order valence-electron chi connectivity index (χ0n) is 6.18. The molecule has 0 unspecified atom stereocenters. The van der Waals surface area contributed by atoms with Crippen LogP contribution in [0.2, 0.25) is 5.02 Å². The summed E-state index contributed by atoms with van der Waals surface area (Å²) in [5.41, 5.74) is 7.38. The highest BCUT2D eigenvalue weighted by atomic mass is 35.5. The van der Waals surface area contributed by atoms with E-state index in [2.05, 4.69) is 6.58 Å². The molecule has 0 saturated heterocycles. The van der Waals surface area contributed by atoms with Gasteiger partial charge in [-0.15, -0.1) is 6.58 Å². The van der Waals surface area contributed by atoms with Gasteiger partial charge in [0.15, 0.2) is 0 Å². The molecule has 0 bridgehead atoms. The van der Waals surface area contributed by atoms with Crippen LogP contribution in [0.5, 0.6) is 0 Å². The summed E-state index contributed by atoms with van der Waals surface area (Å²) in [5, 5.41) is 0.682. The number of hydrogen-bond donors (Lipinski definition) is 1. The molecule has 58 valence electrons. The SMILES string of the molecule is C=CCc1cc(N)cc(Cl)c1. The first-order chi connectivity index (χ1) is 5.22. The highest BCUT2D eigenvalue weighted by Gasteiger charge is 1.94. The molecule has 0 amide bonds. The van der Waals surface area contributed by atoms with Crippen LogP contribution in [0.3, 0.4) is 0 Å². The van der Waals surface area contributed by atoms with Crippen LogP contribution in [0, 0.1) is 0 Å². The van der Waals surface area contributed by atoms with E-state index in [0.717, 1.165) is 12.0 Å². The van der Waals surface area contributed by atoms with Gasteiger partial charge in [0.2, 0.25) is 0 Å². The van der Waals surface area contributed by atoms with Crippen LogP contribution in [0.1, 0.15) is 5.56 Å². The molecule has 0 atom stereocenters. The number of rotatable bonds is 2. The van der Waals surface area contributed by atoms with E-state index in [-0.39, 0.29) is 0 Å². The predicted octanol–water partition coefficient (Wildman–Crippen LogP) is 2.65. The molecule has 0 fully saturated rings. The van der Waals surface area contributed by atoms with E-state index in [1.807, 2.05) is 18.2 Å². The van der Waals surface area contributed by atoms with Gasteiger partial charge in [0.25, 0.3) is 0 Å². The zero-order valence-corrected chi connectivity index (χ0v) is 6.93. The lowest BCUT2D eigenvalue weighted by Crippen LogP contribution is -1.87. The van der Waals surface area contributed by atoms with Crippen molar-refractivity contribution < 1.29 is 0 Å². The molecule has 0 spiro atoms. The summed E-state index contributed by atoms with van der Waals surface area (Å²) in [7, 11) is 0. The second-order valence-electron chi connectivity index (χ2n) is 2.39. The fraction of sp³-hybridized carbons (Fsp3) is 0.111. The van der Waals surface area contributed by atoms with E-state index in [1.165, 1.54) is 0 Å². The van der Waals surface area contributed by atoms with E-state index in [4.69, 9.17) is 17.3 Å². The quantitative estimate of drug-likeness (QED) is 0.532. The molecule has 0 aliphatic heterocycles. The molecule has 1 aromatic carbocycles. The first-order valence-corrected chi connectivity index (χ1v) is 3.76. The van der Waals surface area contributed by atoms with Gasteiger partial charge in [-0.25, -0.2) is 0 Å². The number of halogens is 1. The Morgan fingerprint density at radius 2 is 2.18 bits per heavy atom. The highest BCUT2D eigenvalue weighted by Crippen LogP contribution is 2.16. The lowest BCUT2D eigenvalue weighted by atomic mass is 10.1. The van der Waals surface area contributed by atoms with Crippen LogP contribution in [0.25, 0.3) is 0 Å². The Kier molecular flexibility index (Phi) is 2.55. The minimum Gasteiger partial charge on any atom is -0.399 e. The van der Waals surface area contributed by atoms with Gasteiger partial charge in [-0.05, 0) is 30.2 Å². The van der Waals surface area contributed by atoms with Gasteiger partial charge >= 0.3 is 0 Å². The van der Waals surface area contributed by atoms with Crippen molar-refractivity contribution in [2.24, 2.45) is 0 Å². The van der Waals surface area contributed by atoms with Crippen molar-refractivity contribution in [2.75, 3.05) is 5.73 Å². The molecule has 1 rings (SSSR count). The van der Waals surface area contributed by atoms with E-state index in [9.17, 15) is 0 Å². The van der Waals surface area contributed by atoms with E-state index >= 15 is 0 Å². The van der Waals surface area contributed by atoms with Gasteiger partial charge in [-0.3, -0.25) is 0 Å². The molecule has 2 N–H and O–H groups in total.